The summed E-state index contributed by atoms with van der Waals surface area (Å²) in [5, 5.41) is 11.0. The summed E-state index contributed by atoms with van der Waals surface area (Å²) < 4.78 is 27.3. The highest BCUT2D eigenvalue weighted by Crippen LogP contribution is 2.35. The van der Waals surface area contributed by atoms with Gasteiger partial charge in [-0.25, -0.2) is 8.78 Å². The summed E-state index contributed by atoms with van der Waals surface area (Å²) in [4.78, 5) is 0. The van der Waals surface area contributed by atoms with Crippen LogP contribution in [-0.2, 0) is 0 Å². The molecule has 94 valence electrons. The molecule has 0 bridgehead atoms. The van der Waals surface area contributed by atoms with Crippen LogP contribution in [0.2, 0.25) is 0 Å². The molecule has 1 aromatic carbocycles. The molecule has 0 saturated carbocycles. The molecular weight excluding hydrogens is 228 g/mol. The Bertz CT molecular complexity index is 457. The molecule has 2 rings (SSSR count). The van der Waals surface area contributed by atoms with Gasteiger partial charge in [-0.1, -0.05) is 0 Å². The minimum atomic E-state index is -1.02. The van der Waals surface area contributed by atoms with Crippen molar-refractivity contribution in [3.63, 3.8) is 0 Å². The molecule has 0 fully saturated rings. The Labute approximate surface area is 98.2 Å². The zero-order chi connectivity index (χ0) is 12.8. The molecule has 1 heterocycles. The monoisotopic (exact) mass is 243 g/mol. The lowest BCUT2D eigenvalue weighted by molar-refractivity contribution is 0.0856. The van der Waals surface area contributed by atoms with Gasteiger partial charge in [-0.05, 0) is 32.4 Å². The quantitative estimate of drug-likeness (QED) is 0.740. The minimum absolute atomic E-state index is 0.0928. The molecule has 0 unspecified atom stereocenters. The highest BCUT2D eigenvalue weighted by atomic mass is 19.2. The molecule has 1 aliphatic heterocycles. The summed E-state index contributed by atoms with van der Waals surface area (Å²) in [6.45, 7) is 4.82. The van der Waals surface area contributed by atoms with Crippen LogP contribution < -0.4 is 16.0 Å². The fraction of sp³-hybridized carbons (Fsp3) is 0.455. The van der Waals surface area contributed by atoms with E-state index in [0.717, 1.165) is 0 Å². The highest BCUT2D eigenvalue weighted by molar-refractivity contribution is 5.74. The summed E-state index contributed by atoms with van der Waals surface area (Å²) in [5.41, 5.74) is 5.20. The Kier molecular flexibility index (Phi) is 2.71. The number of fused-ring (bicyclic) bond motifs is 1. The number of halogens is 2. The molecule has 0 aliphatic carbocycles. The molecule has 0 atom stereocenters. The first-order valence-corrected chi connectivity index (χ1v) is 5.30. The molecule has 0 radical (unpaired) electrons. The number of hydrazine groups is 2. The molecule has 4 nitrogen and oxygen atoms in total. The molecule has 1 aliphatic rings. The summed E-state index contributed by atoms with van der Waals surface area (Å²) in [5.74, 6) is -1.78. The second-order valence-corrected chi connectivity index (χ2v) is 4.85. The third-order valence-corrected chi connectivity index (χ3v) is 2.50. The third-order valence-electron chi connectivity index (χ3n) is 2.50. The van der Waals surface area contributed by atoms with Crippen molar-refractivity contribution in [3.8, 4) is 0 Å². The Hall–Kier alpha value is -1.40. The molecule has 0 amide bonds. The molecule has 17 heavy (non-hydrogen) atoms. The summed E-state index contributed by atoms with van der Waals surface area (Å²) in [6, 6.07) is 1.52. The van der Waals surface area contributed by atoms with Gasteiger partial charge in [-0.2, -0.15) is 0 Å². The van der Waals surface area contributed by atoms with Gasteiger partial charge in [0.25, 0.3) is 0 Å². The number of aryl methyl sites for hydroxylation is 1. The van der Waals surface area contributed by atoms with E-state index in [1.165, 1.54) is 18.0 Å². The maximum Gasteiger partial charge on any atom is 0.185 e. The Morgan fingerprint density at radius 2 is 2.00 bits per heavy atom. The Morgan fingerprint density at radius 3 is 2.59 bits per heavy atom. The average Bonchev–Trinajstić information content (AvgIpc) is 2.55. The van der Waals surface area contributed by atoms with E-state index in [2.05, 4.69) is 11.0 Å². The number of nitrogens with zero attached hydrogens (tertiary/aromatic N) is 1. The van der Waals surface area contributed by atoms with Crippen LogP contribution in [0.1, 0.15) is 19.4 Å². The SMILES string of the molecule is Cc1cc2c(c(F)c1F)N(CC(C)(C)O)NN2. The predicted molar refractivity (Wildman–Crippen MR) is 61.5 cm³/mol. The number of β-amino-alcohol motifs (C(OH)–C–C–N with tert-alkyl or cyclic N) is 1. The van der Waals surface area contributed by atoms with E-state index in [1.807, 2.05) is 0 Å². The van der Waals surface area contributed by atoms with Crippen molar-refractivity contribution in [1.82, 2.24) is 5.53 Å². The third kappa shape index (κ3) is 2.18. The van der Waals surface area contributed by atoms with Gasteiger partial charge >= 0.3 is 0 Å². The average molecular weight is 243 g/mol. The van der Waals surface area contributed by atoms with Crippen LogP contribution in [0.4, 0.5) is 20.2 Å². The van der Waals surface area contributed by atoms with Gasteiger partial charge in [0.1, 0.15) is 5.69 Å². The van der Waals surface area contributed by atoms with Gasteiger partial charge in [-0.3, -0.25) is 5.01 Å². The lowest BCUT2D eigenvalue weighted by Gasteiger charge is -2.26. The Balaban J connectivity index is 2.41. The van der Waals surface area contributed by atoms with Crippen LogP contribution in [0.3, 0.4) is 0 Å². The topological polar surface area (TPSA) is 47.5 Å². The predicted octanol–water partition coefficient (Wildman–Crippen LogP) is 1.70. The van der Waals surface area contributed by atoms with Crippen molar-refractivity contribution in [2.45, 2.75) is 26.4 Å². The second kappa shape index (κ2) is 3.82. The fourth-order valence-electron chi connectivity index (χ4n) is 1.79. The van der Waals surface area contributed by atoms with Crippen LogP contribution >= 0.6 is 0 Å². The highest BCUT2D eigenvalue weighted by Gasteiger charge is 2.29. The van der Waals surface area contributed by atoms with Crippen LogP contribution in [0.25, 0.3) is 0 Å². The van der Waals surface area contributed by atoms with Crippen molar-refractivity contribution in [3.05, 3.63) is 23.3 Å². The maximum atomic E-state index is 13.8. The molecule has 0 spiro atoms. The number of hydrogen-bond donors (Lipinski definition) is 3. The zero-order valence-corrected chi connectivity index (χ0v) is 9.93. The first kappa shape index (κ1) is 12.1. The lowest BCUT2D eigenvalue weighted by Crippen LogP contribution is -2.45. The van der Waals surface area contributed by atoms with Gasteiger partial charge in [0.15, 0.2) is 11.6 Å². The first-order chi connectivity index (χ1) is 7.79. The number of anilines is 2. The smallest absolute Gasteiger partial charge is 0.185 e. The largest absolute Gasteiger partial charge is 0.389 e. The van der Waals surface area contributed by atoms with Crippen molar-refractivity contribution in [2.24, 2.45) is 0 Å². The molecular formula is C11H15F2N3O. The normalized spacial score (nSPS) is 14.8. The van der Waals surface area contributed by atoms with E-state index in [-0.39, 0.29) is 17.8 Å². The molecule has 1 aromatic rings. The van der Waals surface area contributed by atoms with Crippen molar-refractivity contribution in [1.29, 1.82) is 0 Å². The van der Waals surface area contributed by atoms with Gasteiger partial charge in [0, 0.05) is 0 Å². The van der Waals surface area contributed by atoms with E-state index >= 15 is 0 Å². The molecule has 6 heteroatoms. The van der Waals surface area contributed by atoms with Crippen LogP contribution in [0, 0.1) is 18.6 Å². The van der Waals surface area contributed by atoms with E-state index < -0.39 is 17.2 Å². The van der Waals surface area contributed by atoms with E-state index in [4.69, 9.17) is 0 Å². The molecule has 3 N–H and O–H groups in total. The number of nitrogens with one attached hydrogen (secondary N) is 2. The van der Waals surface area contributed by atoms with Gasteiger partial charge in [0.2, 0.25) is 0 Å². The maximum absolute atomic E-state index is 13.8. The number of benzene rings is 1. The summed E-state index contributed by atoms with van der Waals surface area (Å²) in [6.07, 6.45) is 0. The van der Waals surface area contributed by atoms with Crippen molar-refractivity contribution < 1.29 is 13.9 Å². The molecule has 0 saturated heterocycles. The zero-order valence-electron chi connectivity index (χ0n) is 9.93. The van der Waals surface area contributed by atoms with E-state index in [1.54, 1.807) is 13.8 Å². The minimum Gasteiger partial charge on any atom is -0.389 e. The van der Waals surface area contributed by atoms with E-state index in [0.29, 0.717) is 5.69 Å². The molecule has 0 aromatic heterocycles. The van der Waals surface area contributed by atoms with Gasteiger partial charge < -0.3 is 10.5 Å². The van der Waals surface area contributed by atoms with Crippen LogP contribution in [0.15, 0.2) is 6.07 Å². The van der Waals surface area contributed by atoms with Gasteiger partial charge in [-0.15, -0.1) is 5.53 Å². The number of rotatable bonds is 2. The number of aliphatic hydroxyl groups is 1. The summed E-state index contributed by atoms with van der Waals surface area (Å²) in [7, 11) is 0. The second-order valence-electron chi connectivity index (χ2n) is 4.85. The first-order valence-electron chi connectivity index (χ1n) is 5.30. The van der Waals surface area contributed by atoms with Crippen LogP contribution in [0.5, 0.6) is 0 Å². The van der Waals surface area contributed by atoms with Gasteiger partial charge in [0.05, 0.1) is 17.8 Å². The fourth-order valence-corrected chi connectivity index (χ4v) is 1.79. The Morgan fingerprint density at radius 1 is 1.35 bits per heavy atom. The lowest BCUT2D eigenvalue weighted by atomic mass is 10.1. The van der Waals surface area contributed by atoms with Crippen LogP contribution in [-0.4, -0.2) is 17.3 Å². The summed E-state index contributed by atoms with van der Waals surface area (Å²) >= 11 is 0. The van der Waals surface area contributed by atoms with Crippen molar-refractivity contribution in [2.75, 3.05) is 17.0 Å². The number of hydrogen-bond acceptors (Lipinski definition) is 4. The standard InChI is InChI=1S/C11H15F2N3O/c1-6-4-7-10(9(13)8(6)12)16(15-14-7)5-11(2,3)17/h4,14-15,17H,5H2,1-3H3. The van der Waals surface area contributed by atoms with Crippen molar-refractivity contribution >= 4 is 11.4 Å². The van der Waals surface area contributed by atoms with E-state index in [9.17, 15) is 13.9 Å².